The molecular formula is C12H14O3. The van der Waals surface area contributed by atoms with Crippen molar-refractivity contribution in [2.75, 3.05) is 6.61 Å². The van der Waals surface area contributed by atoms with Crippen molar-refractivity contribution in [2.24, 2.45) is 0 Å². The van der Waals surface area contributed by atoms with Crippen LogP contribution in [0.2, 0.25) is 0 Å². The third kappa shape index (κ3) is 3.85. The highest BCUT2D eigenvalue weighted by molar-refractivity contribution is 5.68. The standard InChI is InChI=1S/C12H14O3/c1-2-3-6-10-7-4-5-8-11(10)15-9-12(13)14/h2-5,7-8H,6,9H2,1H3,(H,13,14)/b3-2-. The van der Waals surface area contributed by atoms with E-state index in [9.17, 15) is 4.79 Å². The van der Waals surface area contributed by atoms with E-state index >= 15 is 0 Å². The molecule has 0 saturated carbocycles. The van der Waals surface area contributed by atoms with Crippen molar-refractivity contribution >= 4 is 5.97 Å². The van der Waals surface area contributed by atoms with E-state index < -0.39 is 5.97 Å². The van der Waals surface area contributed by atoms with Gasteiger partial charge in [0.1, 0.15) is 5.75 Å². The molecule has 80 valence electrons. The van der Waals surface area contributed by atoms with E-state index in [0.29, 0.717) is 5.75 Å². The van der Waals surface area contributed by atoms with Crippen LogP contribution in [-0.2, 0) is 11.2 Å². The van der Waals surface area contributed by atoms with Crippen LogP contribution in [-0.4, -0.2) is 17.7 Å². The van der Waals surface area contributed by atoms with Crippen molar-refractivity contribution in [3.8, 4) is 5.75 Å². The monoisotopic (exact) mass is 206 g/mol. The second-order valence-electron chi connectivity index (χ2n) is 3.06. The molecule has 3 nitrogen and oxygen atoms in total. The van der Waals surface area contributed by atoms with Gasteiger partial charge in [-0.2, -0.15) is 0 Å². The topological polar surface area (TPSA) is 46.5 Å². The summed E-state index contributed by atoms with van der Waals surface area (Å²) in [6.07, 6.45) is 4.71. The van der Waals surface area contributed by atoms with Crippen molar-refractivity contribution in [2.45, 2.75) is 13.3 Å². The van der Waals surface area contributed by atoms with Gasteiger partial charge in [0, 0.05) is 0 Å². The van der Waals surface area contributed by atoms with Gasteiger partial charge in [0.15, 0.2) is 6.61 Å². The molecule has 0 unspecified atom stereocenters. The van der Waals surface area contributed by atoms with Gasteiger partial charge in [0.25, 0.3) is 0 Å². The molecule has 15 heavy (non-hydrogen) atoms. The van der Waals surface area contributed by atoms with E-state index in [2.05, 4.69) is 0 Å². The number of ether oxygens (including phenoxy) is 1. The number of benzene rings is 1. The summed E-state index contributed by atoms with van der Waals surface area (Å²) in [5.41, 5.74) is 0.997. The van der Waals surface area contributed by atoms with Crippen molar-refractivity contribution in [1.29, 1.82) is 0 Å². The summed E-state index contributed by atoms with van der Waals surface area (Å²) in [5.74, 6) is -0.325. The number of hydrogen-bond acceptors (Lipinski definition) is 2. The highest BCUT2D eigenvalue weighted by Crippen LogP contribution is 2.18. The molecule has 0 atom stereocenters. The van der Waals surface area contributed by atoms with Crippen LogP contribution in [0.5, 0.6) is 5.75 Å². The number of rotatable bonds is 5. The third-order valence-corrected chi connectivity index (χ3v) is 1.90. The zero-order valence-corrected chi connectivity index (χ0v) is 8.64. The van der Waals surface area contributed by atoms with Crippen LogP contribution in [0.3, 0.4) is 0 Å². The Labute approximate surface area is 89.0 Å². The summed E-state index contributed by atoms with van der Waals surface area (Å²) in [6.45, 7) is 1.65. The summed E-state index contributed by atoms with van der Waals surface area (Å²) in [4.78, 5) is 10.4. The highest BCUT2D eigenvalue weighted by atomic mass is 16.5. The molecule has 0 heterocycles. The minimum atomic E-state index is -0.962. The minimum Gasteiger partial charge on any atom is -0.482 e. The number of carbonyl (C=O) groups is 1. The molecule has 3 heteroatoms. The van der Waals surface area contributed by atoms with Crippen LogP contribution in [0.4, 0.5) is 0 Å². The van der Waals surface area contributed by atoms with E-state index in [1.165, 1.54) is 0 Å². The number of allylic oxidation sites excluding steroid dienone is 2. The molecule has 0 saturated heterocycles. The minimum absolute atomic E-state index is 0.299. The Bertz CT molecular complexity index is 356. The molecule has 0 aromatic heterocycles. The van der Waals surface area contributed by atoms with Gasteiger partial charge in [-0.1, -0.05) is 30.4 Å². The molecule has 0 radical (unpaired) electrons. The first-order valence-corrected chi connectivity index (χ1v) is 4.77. The van der Waals surface area contributed by atoms with E-state index in [4.69, 9.17) is 9.84 Å². The summed E-state index contributed by atoms with van der Waals surface area (Å²) >= 11 is 0. The maximum atomic E-state index is 10.4. The third-order valence-electron chi connectivity index (χ3n) is 1.90. The molecule has 1 rings (SSSR count). The average molecular weight is 206 g/mol. The Kier molecular flexibility index (Phi) is 4.41. The van der Waals surface area contributed by atoms with Gasteiger partial charge in [-0.05, 0) is 25.0 Å². The number of para-hydroxylation sites is 1. The smallest absolute Gasteiger partial charge is 0.341 e. The Hall–Kier alpha value is -1.77. The Morgan fingerprint density at radius 2 is 2.20 bits per heavy atom. The zero-order valence-electron chi connectivity index (χ0n) is 8.64. The Morgan fingerprint density at radius 1 is 1.47 bits per heavy atom. The quantitative estimate of drug-likeness (QED) is 0.752. The van der Waals surface area contributed by atoms with Crippen molar-refractivity contribution in [3.05, 3.63) is 42.0 Å². The number of hydrogen-bond donors (Lipinski definition) is 1. The Morgan fingerprint density at radius 3 is 2.87 bits per heavy atom. The van der Waals surface area contributed by atoms with E-state index in [1.807, 2.05) is 37.3 Å². The van der Waals surface area contributed by atoms with Crippen LogP contribution in [0.15, 0.2) is 36.4 Å². The van der Waals surface area contributed by atoms with Gasteiger partial charge in [-0.15, -0.1) is 0 Å². The first-order chi connectivity index (χ1) is 7.24. The Balaban J connectivity index is 2.72. The molecule has 0 aliphatic carbocycles. The van der Waals surface area contributed by atoms with Gasteiger partial charge < -0.3 is 9.84 Å². The van der Waals surface area contributed by atoms with Crippen molar-refractivity contribution < 1.29 is 14.6 Å². The summed E-state index contributed by atoms with van der Waals surface area (Å²) in [7, 11) is 0. The zero-order chi connectivity index (χ0) is 11.1. The second kappa shape index (κ2) is 5.86. The average Bonchev–Trinajstić information content (AvgIpc) is 2.24. The first kappa shape index (κ1) is 11.3. The van der Waals surface area contributed by atoms with Gasteiger partial charge in [0.2, 0.25) is 0 Å². The first-order valence-electron chi connectivity index (χ1n) is 4.77. The molecule has 1 N–H and O–H groups in total. The highest BCUT2D eigenvalue weighted by Gasteiger charge is 2.03. The van der Waals surface area contributed by atoms with Gasteiger partial charge in [-0.25, -0.2) is 4.79 Å². The van der Waals surface area contributed by atoms with Crippen molar-refractivity contribution in [3.63, 3.8) is 0 Å². The van der Waals surface area contributed by atoms with Gasteiger partial charge in [-0.3, -0.25) is 0 Å². The van der Waals surface area contributed by atoms with Crippen LogP contribution < -0.4 is 4.74 Å². The molecule has 0 aliphatic heterocycles. The number of aliphatic carboxylic acids is 1. The maximum absolute atomic E-state index is 10.4. The van der Waals surface area contributed by atoms with Crippen LogP contribution in [0.1, 0.15) is 12.5 Å². The lowest BCUT2D eigenvalue weighted by Crippen LogP contribution is -2.10. The molecule has 0 spiro atoms. The summed E-state index contributed by atoms with van der Waals surface area (Å²) in [6, 6.07) is 7.45. The van der Waals surface area contributed by atoms with Crippen LogP contribution in [0.25, 0.3) is 0 Å². The number of carboxylic acids is 1. The van der Waals surface area contributed by atoms with Crippen molar-refractivity contribution in [1.82, 2.24) is 0 Å². The molecule has 0 aliphatic rings. The van der Waals surface area contributed by atoms with Crippen LogP contribution in [0, 0.1) is 0 Å². The van der Waals surface area contributed by atoms with E-state index in [-0.39, 0.29) is 6.61 Å². The van der Waals surface area contributed by atoms with Crippen LogP contribution >= 0.6 is 0 Å². The lowest BCUT2D eigenvalue weighted by Gasteiger charge is -2.07. The largest absolute Gasteiger partial charge is 0.482 e. The molecule has 1 aromatic rings. The molecule has 1 aromatic carbocycles. The lowest BCUT2D eigenvalue weighted by atomic mass is 10.1. The summed E-state index contributed by atoms with van der Waals surface area (Å²) < 4.78 is 5.16. The van der Waals surface area contributed by atoms with E-state index in [0.717, 1.165) is 12.0 Å². The predicted octanol–water partition coefficient (Wildman–Crippen LogP) is 2.27. The fourth-order valence-corrected chi connectivity index (χ4v) is 1.20. The van der Waals surface area contributed by atoms with E-state index in [1.54, 1.807) is 6.07 Å². The maximum Gasteiger partial charge on any atom is 0.341 e. The second-order valence-corrected chi connectivity index (χ2v) is 3.06. The molecule has 0 amide bonds. The fourth-order valence-electron chi connectivity index (χ4n) is 1.20. The van der Waals surface area contributed by atoms with Gasteiger partial charge >= 0.3 is 5.97 Å². The predicted molar refractivity (Wildman–Crippen MR) is 58.1 cm³/mol. The fraction of sp³-hybridized carbons (Fsp3) is 0.250. The molecular weight excluding hydrogens is 192 g/mol. The van der Waals surface area contributed by atoms with Gasteiger partial charge in [0.05, 0.1) is 0 Å². The molecule has 0 bridgehead atoms. The summed E-state index contributed by atoms with van der Waals surface area (Å²) in [5, 5.41) is 8.50. The molecule has 0 fully saturated rings. The number of carboxylic acid groups (broad SMARTS) is 1. The lowest BCUT2D eigenvalue weighted by molar-refractivity contribution is -0.139. The normalized spacial score (nSPS) is 10.5. The SMILES string of the molecule is C/C=C\Cc1ccccc1OCC(=O)O.